The summed E-state index contributed by atoms with van der Waals surface area (Å²) in [6.45, 7) is 3.40. The summed E-state index contributed by atoms with van der Waals surface area (Å²) in [6.07, 6.45) is 0.617. The fraction of sp³-hybridized carbons (Fsp3) is 0.833. The van der Waals surface area contributed by atoms with E-state index < -0.39 is 11.4 Å². The number of carboxylic acids is 1. The highest BCUT2D eigenvalue weighted by atomic mass is 32.1. The van der Waals surface area contributed by atoms with Crippen molar-refractivity contribution < 1.29 is 9.90 Å². The van der Waals surface area contributed by atoms with E-state index in [1.165, 1.54) is 0 Å². The molecule has 0 saturated carbocycles. The second kappa shape index (κ2) is 3.11. The maximum Gasteiger partial charge on any atom is 0.309 e. The van der Waals surface area contributed by atoms with E-state index in [1.807, 2.05) is 0 Å². The minimum atomic E-state index is -0.753. The van der Waals surface area contributed by atoms with Crippen LogP contribution in [0.1, 0.15) is 20.3 Å². The Hall–Kier alpha value is -0.180. The van der Waals surface area contributed by atoms with Crippen LogP contribution in [-0.2, 0) is 4.79 Å². The molecule has 0 aliphatic carbocycles. The minimum Gasteiger partial charge on any atom is -0.481 e. The van der Waals surface area contributed by atoms with Crippen LogP contribution in [0.15, 0.2) is 0 Å². The van der Waals surface area contributed by atoms with Crippen LogP contribution in [0.4, 0.5) is 0 Å². The second-order valence-corrected chi connectivity index (χ2v) is 3.11. The van der Waals surface area contributed by atoms with Gasteiger partial charge in [0.25, 0.3) is 0 Å². The van der Waals surface area contributed by atoms with E-state index in [2.05, 4.69) is 12.6 Å². The van der Waals surface area contributed by atoms with Gasteiger partial charge >= 0.3 is 5.97 Å². The summed E-state index contributed by atoms with van der Waals surface area (Å²) in [4.78, 5) is 10.4. The zero-order valence-electron chi connectivity index (χ0n) is 5.72. The van der Waals surface area contributed by atoms with Crippen molar-refractivity contribution in [2.24, 2.45) is 5.41 Å². The molecule has 3 heteroatoms. The number of rotatable bonds is 3. The summed E-state index contributed by atoms with van der Waals surface area (Å²) in [5.41, 5.74) is -0.609. The van der Waals surface area contributed by atoms with Crippen molar-refractivity contribution in [3.63, 3.8) is 0 Å². The van der Waals surface area contributed by atoms with Crippen LogP contribution in [0.5, 0.6) is 0 Å². The lowest BCUT2D eigenvalue weighted by Gasteiger charge is -2.16. The minimum absolute atomic E-state index is 0.609. The summed E-state index contributed by atoms with van der Waals surface area (Å²) in [6, 6.07) is 0. The van der Waals surface area contributed by atoms with Gasteiger partial charge in [-0.3, -0.25) is 4.79 Å². The number of carbonyl (C=O) groups is 1. The Morgan fingerprint density at radius 3 is 2.22 bits per heavy atom. The summed E-state index contributed by atoms with van der Waals surface area (Å²) >= 11 is 3.95. The molecule has 0 rings (SSSR count). The van der Waals surface area contributed by atoms with Gasteiger partial charge in [-0.05, 0) is 26.0 Å². The van der Waals surface area contributed by atoms with Gasteiger partial charge in [-0.15, -0.1) is 0 Å². The Balaban J connectivity index is 3.85. The van der Waals surface area contributed by atoms with Crippen LogP contribution in [0.25, 0.3) is 0 Å². The smallest absolute Gasteiger partial charge is 0.309 e. The molecular weight excluding hydrogens is 136 g/mol. The number of carboxylic acid groups (broad SMARTS) is 1. The van der Waals surface area contributed by atoms with Crippen LogP contribution >= 0.6 is 12.6 Å². The van der Waals surface area contributed by atoms with E-state index in [9.17, 15) is 4.79 Å². The van der Waals surface area contributed by atoms with E-state index in [0.29, 0.717) is 12.2 Å². The monoisotopic (exact) mass is 148 g/mol. The fourth-order valence-electron chi connectivity index (χ4n) is 0.386. The lowest BCUT2D eigenvalue weighted by molar-refractivity contribution is -0.146. The number of hydrogen-bond acceptors (Lipinski definition) is 2. The third-order valence-corrected chi connectivity index (χ3v) is 1.54. The second-order valence-electron chi connectivity index (χ2n) is 2.66. The summed E-state index contributed by atoms with van der Waals surface area (Å²) in [7, 11) is 0. The molecule has 0 aromatic carbocycles. The van der Waals surface area contributed by atoms with E-state index >= 15 is 0 Å². The molecular formula is C6H12O2S. The summed E-state index contributed by atoms with van der Waals surface area (Å²) in [5, 5.41) is 8.54. The molecule has 1 N–H and O–H groups in total. The van der Waals surface area contributed by atoms with Crippen molar-refractivity contribution in [3.8, 4) is 0 Å². The lowest BCUT2D eigenvalue weighted by Crippen LogP contribution is -2.23. The van der Waals surface area contributed by atoms with Crippen LogP contribution in [-0.4, -0.2) is 16.8 Å². The van der Waals surface area contributed by atoms with Gasteiger partial charge in [0.2, 0.25) is 0 Å². The highest BCUT2D eigenvalue weighted by Crippen LogP contribution is 2.20. The molecule has 0 saturated heterocycles. The average Bonchev–Trinajstić information content (AvgIpc) is 1.65. The number of hydrogen-bond donors (Lipinski definition) is 2. The van der Waals surface area contributed by atoms with Gasteiger partial charge in [0.1, 0.15) is 0 Å². The molecule has 0 amide bonds. The SMILES string of the molecule is CC(C)(CCS)C(=O)O. The largest absolute Gasteiger partial charge is 0.481 e. The maximum absolute atomic E-state index is 10.4. The zero-order chi connectivity index (χ0) is 7.49. The van der Waals surface area contributed by atoms with Crippen LogP contribution in [0, 0.1) is 5.41 Å². The molecule has 0 spiro atoms. The van der Waals surface area contributed by atoms with E-state index in [-0.39, 0.29) is 0 Å². The van der Waals surface area contributed by atoms with Crippen molar-refractivity contribution in [2.45, 2.75) is 20.3 Å². The molecule has 0 radical (unpaired) electrons. The van der Waals surface area contributed by atoms with Crippen molar-refractivity contribution in [3.05, 3.63) is 0 Å². The molecule has 54 valence electrons. The average molecular weight is 148 g/mol. The van der Waals surface area contributed by atoms with Gasteiger partial charge in [0, 0.05) is 0 Å². The van der Waals surface area contributed by atoms with E-state index in [0.717, 1.165) is 0 Å². The predicted octanol–water partition coefficient (Wildman–Crippen LogP) is 1.42. The fourth-order valence-corrected chi connectivity index (χ4v) is 0.945. The van der Waals surface area contributed by atoms with Gasteiger partial charge in [0.05, 0.1) is 5.41 Å². The molecule has 0 bridgehead atoms. The predicted molar refractivity (Wildman–Crippen MR) is 39.9 cm³/mol. The Kier molecular flexibility index (Phi) is 3.04. The number of aliphatic carboxylic acids is 1. The molecule has 0 heterocycles. The summed E-state index contributed by atoms with van der Waals surface area (Å²) in [5.74, 6) is -0.129. The lowest BCUT2D eigenvalue weighted by atomic mass is 9.91. The zero-order valence-corrected chi connectivity index (χ0v) is 6.61. The van der Waals surface area contributed by atoms with Gasteiger partial charge in [-0.2, -0.15) is 12.6 Å². The molecule has 0 fully saturated rings. The highest BCUT2D eigenvalue weighted by Gasteiger charge is 2.25. The molecule has 0 aromatic rings. The topological polar surface area (TPSA) is 37.3 Å². The van der Waals surface area contributed by atoms with Crippen LogP contribution < -0.4 is 0 Å². The first-order valence-corrected chi connectivity index (χ1v) is 3.48. The van der Waals surface area contributed by atoms with Gasteiger partial charge in [-0.1, -0.05) is 0 Å². The van der Waals surface area contributed by atoms with E-state index in [1.54, 1.807) is 13.8 Å². The van der Waals surface area contributed by atoms with Crippen molar-refractivity contribution in [1.82, 2.24) is 0 Å². The van der Waals surface area contributed by atoms with Gasteiger partial charge in [-0.25, -0.2) is 0 Å². The first-order chi connectivity index (χ1) is 4.00. The highest BCUT2D eigenvalue weighted by molar-refractivity contribution is 7.80. The Labute approximate surface area is 60.7 Å². The van der Waals surface area contributed by atoms with Gasteiger partial charge < -0.3 is 5.11 Å². The Morgan fingerprint density at radius 1 is 1.67 bits per heavy atom. The van der Waals surface area contributed by atoms with Gasteiger partial charge in [0.15, 0.2) is 0 Å². The maximum atomic E-state index is 10.4. The first kappa shape index (κ1) is 8.82. The molecule has 0 aromatic heterocycles. The first-order valence-electron chi connectivity index (χ1n) is 2.85. The standard InChI is InChI=1S/C6H12O2S/c1-6(2,3-4-9)5(7)8/h9H,3-4H2,1-2H3,(H,7,8). The third-order valence-electron chi connectivity index (χ3n) is 1.32. The molecule has 9 heavy (non-hydrogen) atoms. The summed E-state index contributed by atoms with van der Waals surface area (Å²) < 4.78 is 0. The van der Waals surface area contributed by atoms with Crippen molar-refractivity contribution in [1.29, 1.82) is 0 Å². The molecule has 0 aliphatic heterocycles. The molecule has 0 atom stereocenters. The Bertz CT molecular complexity index is 110. The quantitative estimate of drug-likeness (QED) is 0.594. The van der Waals surface area contributed by atoms with Crippen LogP contribution in [0.2, 0.25) is 0 Å². The molecule has 0 unspecified atom stereocenters. The normalized spacial score (nSPS) is 11.4. The molecule has 2 nitrogen and oxygen atoms in total. The molecule has 0 aliphatic rings. The van der Waals surface area contributed by atoms with Crippen molar-refractivity contribution in [2.75, 3.05) is 5.75 Å². The Morgan fingerprint density at radius 2 is 2.11 bits per heavy atom. The number of thiol groups is 1. The van der Waals surface area contributed by atoms with E-state index in [4.69, 9.17) is 5.11 Å². The van der Waals surface area contributed by atoms with Crippen molar-refractivity contribution >= 4 is 18.6 Å². The third kappa shape index (κ3) is 2.75. The van der Waals surface area contributed by atoms with Crippen LogP contribution in [0.3, 0.4) is 0 Å².